The van der Waals surface area contributed by atoms with Gasteiger partial charge in [-0.05, 0) is 37.0 Å². The number of benzene rings is 1. The van der Waals surface area contributed by atoms with Gasteiger partial charge in [-0.25, -0.2) is 9.37 Å². The van der Waals surface area contributed by atoms with Gasteiger partial charge in [0.25, 0.3) is 0 Å². The molecule has 2 aliphatic rings. The van der Waals surface area contributed by atoms with E-state index in [-0.39, 0.29) is 5.82 Å². The second-order valence-corrected chi connectivity index (χ2v) is 7.15. The summed E-state index contributed by atoms with van der Waals surface area (Å²) in [6, 6.07) is 6.48. The van der Waals surface area contributed by atoms with Crippen LogP contribution >= 0.6 is 0 Å². The number of hydrogen-bond acceptors (Lipinski definition) is 3. The number of halogens is 1. The van der Waals surface area contributed by atoms with Crippen LogP contribution in [0.5, 0.6) is 0 Å². The monoisotopic (exact) mass is 329 g/mol. The number of nitrogens with one attached hydrogen (secondary N) is 1. The van der Waals surface area contributed by atoms with Crippen LogP contribution < -0.4 is 0 Å². The van der Waals surface area contributed by atoms with E-state index in [1.807, 2.05) is 6.07 Å². The fourth-order valence-electron chi connectivity index (χ4n) is 3.70. The van der Waals surface area contributed by atoms with E-state index < -0.39 is 6.10 Å². The molecule has 0 radical (unpaired) electrons. The fourth-order valence-corrected chi connectivity index (χ4v) is 3.70. The van der Waals surface area contributed by atoms with E-state index in [0.29, 0.717) is 18.9 Å². The number of H-pyrrole nitrogens is 1. The third kappa shape index (κ3) is 3.37. The van der Waals surface area contributed by atoms with Gasteiger partial charge in [-0.2, -0.15) is 0 Å². The normalized spacial score (nSPS) is 19.8. The number of aliphatic hydroxyl groups is 1. The summed E-state index contributed by atoms with van der Waals surface area (Å²) in [7, 11) is 0. The summed E-state index contributed by atoms with van der Waals surface area (Å²) >= 11 is 0. The smallest absolute Gasteiger partial charge is 0.123 e. The number of aliphatic hydroxyl groups excluding tert-OH is 1. The van der Waals surface area contributed by atoms with E-state index in [0.717, 1.165) is 30.9 Å². The van der Waals surface area contributed by atoms with Gasteiger partial charge in [-0.3, -0.25) is 4.90 Å². The molecule has 4 nitrogen and oxygen atoms in total. The maximum Gasteiger partial charge on any atom is 0.123 e. The van der Waals surface area contributed by atoms with Crippen molar-refractivity contribution in [3.8, 4) is 0 Å². The zero-order chi connectivity index (χ0) is 16.5. The molecule has 2 N–H and O–H groups in total. The minimum Gasteiger partial charge on any atom is -0.391 e. The topological polar surface area (TPSA) is 52.1 Å². The van der Waals surface area contributed by atoms with Crippen molar-refractivity contribution in [3.63, 3.8) is 0 Å². The molecule has 2 aromatic rings. The highest BCUT2D eigenvalue weighted by molar-refractivity contribution is 5.21. The van der Waals surface area contributed by atoms with Gasteiger partial charge >= 0.3 is 0 Å². The molecule has 0 amide bonds. The molecule has 0 bridgehead atoms. The van der Waals surface area contributed by atoms with E-state index in [2.05, 4.69) is 9.88 Å². The Kier molecular flexibility index (Phi) is 4.37. The average molecular weight is 329 g/mol. The van der Waals surface area contributed by atoms with Crippen LogP contribution in [0.1, 0.15) is 48.0 Å². The number of imidazole rings is 1. The number of aromatic amines is 1. The summed E-state index contributed by atoms with van der Waals surface area (Å²) in [6.45, 7) is 2.34. The van der Waals surface area contributed by atoms with Crippen LogP contribution in [-0.4, -0.2) is 39.2 Å². The molecule has 5 heteroatoms. The van der Waals surface area contributed by atoms with E-state index in [4.69, 9.17) is 4.98 Å². The minimum absolute atomic E-state index is 0.247. The summed E-state index contributed by atoms with van der Waals surface area (Å²) in [4.78, 5) is 10.5. The molecule has 24 heavy (non-hydrogen) atoms. The molecule has 0 spiro atoms. The van der Waals surface area contributed by atoms with Crippen molar-refractivity contribution < 1.29 is 9.50 Å². The van der Waals surface area contributed by atoms with Crippen LogP contribution in [0, 0.1) is 5.82 Å². The second-order valence-electron chi connectivity index (χ2n) is 7.15. The van der Waals surface area contributed by atoms with Crippen LogP contribution in [0.3, 0.4) is 0 Å². The standard InChI is InChI=1S/C19H24FN3O/c20-15-6-1-3-13(9-15)10-16(24)11-23-8-7-17-18(12-23)22-19(21-17)14-4-2-5-14/h1,3,6,9,14,16,24H,2,4-5,7-8,10-12H2,(H,21,22). The summed E-state index contributed by atoms with van der Waals surface area (Å²) in [5.41, 5.74) is 3.25. The van der Waals surface area contributed by atoms with Crippen molar-refractivity contribution in [3.05, 3.63) is 52.9 Å². The van der Waals surface area contributed by atoms with Crippen molar-refractivity contribution in [1.29, 1.82) is 0 Å². The molecule has 0 saturated heterocycles. The largest absolute Gasteiger partial charge is 0.391 e. The molecule has 4 rings (SSSR count). The molecule has 1 aliphatic carbocycles. The Morgan fingerprint density at radius 3 is 3.00 bits per heavy atom. The Balaban J connectivity index is 1.35. The predicted molar refractivity (Wildman–Crippen MR) is 90.3 cm³/mol. The quantitative estimate of drug-likeness (QED) is 0.887. The Labute approximate surface area is 141 Å². The summed E-state index contributed by atoms with van der Waals surface area (Å²) in [6.07, 6.45) is 4.75. The van der Waals surface area contributed by atoms with Crippen LogP contribution in [-0.2, 0) is 19.4 Å². The first-order valence-corrected chi connectivity index (χ1v) is 8.90. The summed E-state index contributed by atoms with van der Waals surface area (Å²) < 4.78 is 13.2. The first kappa shape index (κ1) is 15.8. The zero-order valence-electron chi connectivity index (χ0n) is 13.8. The lowest BCUT2D eigenvalue weighted by Gasteiger charge is -2.28. The van der Waals surface area contributed by atoms with E-state index >= 15 is 0 Å². The van der Waals surface area contributed by atoms with Gasteiger partial charge in [0.1, 0.15) is 11.6 Å². The van der Waals surface area contributed by atoms with E-state index in [1.165, 1.54) is 42.8 Å². The third-order valence-electron chi connectivity index (χ3n) is 5.25. The Hall–Kier alpha value is -1.72. The van der Waals surface area contributed by atoms with E-state index in [9.17, 15) is 9.50 Å². The molecular formula is C19H24FN3O. The molecule has 1 atom stereocenters. The van der Waals surface area contributed by atoms with Gasteiger partial charge in [-0.15, -0.1) is 0 Å². The fraction of sp³-hybridized carbons (Fsp3) is 0.526. The molecule has 1 unspecified atom stereocenters. The second kappa shape index (κ2) is 6.65. The number of aromatic nitrogens is 2. The van der Waals surface area contributed by atoms with Gasteiger partial charge in [0.15, 0.2) is 0 Å². The predicted octanol–water partition coefficient (Wildman–Crippen LogP) is 2.78. The number of β-amino-alcohol motifs (C(OH)–C–C–N with tert-alkyl or cyclic N) is 1. The summed E-state index contributed by atoms with van der Waals surface area (Å²) in [5.74, 6) is 1.54. The van der Waals surface area contributed by atoms with Crippen LogP contribution in [0.15, 0.2) is 24.3 Å². The Bertz CT molecular complexity index is 710. The maximum absolute atomic E-state index is 13.2. The van der Waals surface area contributed by atoms with Crippen molar-refractivity contribution in [2.24, 2.45) is 0 Å². The highest BCUT2D eigenvalue weighted by atomic mass is 19.1. The van der Waals surface area contributed by atoms with Gasteiger partial charge in [0, 0.05) is 32.0 Å². The minimum atomic E-state index is -0.484. The van der Waals surface area contributed by atoms with Crippen LogP contribution in [0.4, 0.5) is 4.39 Å². The maximum atomic E-state index is 13.2. The number of rotatable bonds is 5. The van der Waals surface area contributed by atoms with Crippen molar-refractivity contribution in [2.75, 3.05) is 13.1 Å². The van der Waals surface area contributed by atoms with Crippen LogP contribution in [0.2, 0.25) is 0 Å². The van der Waals surface area contributed by atoms with Crippen molar-refractivity contribution >= 4 is 0 Å². The van der Waals surface area contributed by atoms with Crippen LogP contribution in [0.25, 0.3) is 0 Å². The highest BCUT2D eigenvalue weighted by Crippen LogP contribution is 2.35. The van der Waals surface area contributed by atoms with Gasteiger partial charge in [0.05, 0.1) is 17.5 Å². The Morgan fingerprint density at radius 2 is 2.25 bits per heavy atom. The molecule has 1 aromatic heterocycles. The molecule has 128 valence electrons. The third-order valence-corrected chi connectivity index (χ3v) is 5.25. The lowest BCUT2D eigenvalue weighted by molar-refractivity contribution is 0.104. The van der Waals surface area contributed by atoms with Gasteiger partial charge < -0.3 is 10.1 Å². The lowest BCUT2D eigenvalue weighted by atomic mass is 9.85. The molecule has 1 saturated carbocycles. The van der Waals surface area contributed by atoms with Crippen molar-refractivity contribution in [2.45, 2.75) is 50.7 Å². The number of hydrogen-bond donors (Lipinski definition) is 2. The SMILES string of the molecule is OC(Cc1cccc(F)c1)CN1CCc2nc(C3CCC3)[nH]c2C1. The van der Waals surface area contributed by atoms with Crippen molar-refractivity contribution in [1.82, 2.24) is 14.9 Å². The Morgan fingerprint density at radius 1 is 1.38 bits per heavy atom. The van der Waals surface area contributed by atoms with E-state index in [1.54, 1.807) is 6.07 Å². The van der Waals surface area contributed by atoms with Gasteiger partial charge in [0.2, 0.25) is 0 Å². The molecule has 1 fully saturated rings. The zero-order valence-corrected chi connectivity index (χ0v) is 13.8. The van der Waals surface area contributed by atoms with Gasteiger partial charge in [-0.1, -0.05) is 18.6 Å². The molecule has 1 aliphatic heterocycles. The lowest BCUT2D eigenvalue weighted by Crippen LogP contribution is -2.37. The first-order valence-electron chi connectivity index (χ1n) is 8.90. The molecular weight excluding hydrogens is 305 g/mol. The highest BCUT2D eigenvalue weighted by Gasteiger charge is 2.27. The number of nitrogens with zero attached hydrogens (tertiary/aromatic N) is 2. The number of fused-ring (bicyclic) bond motifs is 1. The average Bonchev–Trinajstić information content (AvgIpc) is 2.87. The summed E-state index contributed by atoms with van der Waals surface area (Å²) in [5, 5.41) is 10.3. The molecule has 2 heterocycles. The molecule has 1 aromatic carbocycles. The first-order chi connectivity index (χ1) is 11.7.